The van der Waals surface area contributed by atoms with E-state index in [0.29, 0.717) is 18.8 Å². The Hall–Kier alpha value is -2.83. The molecule has 0 aliphatic carbocycles. The lowest BCUT2D eigenvalue weighted by atomic mass is 10.2. The number of hydrogen-bond acceptors (Lipinski definition) is 4. The van der Waals surface area contributed by atoms with Gasteiger partial charge in [0.2, 0.25) is 5.88 Å². The van der Waals surface area contributed by atoms with Crippen molar-refractivity contribution in [3.05, 3.63) is 41.2 Å². The third-order valence-electron chi connectivity index (χ3n) is 4.73. The summed E-state index contributed by atoms with van der Waals surface area (Å²) in [4.78, 5) is 12.4. The fraction of sp³-hybridized carbons (Fsp3) is 0.421. The van der Waals surface area contributed by atoms with Gasteiger partial charge in [0.25, 0.3) is 5.91 Å². The predicted molar refractivity (Wildman–Crippen MR) is 98.5 cm³/mol. The number of fused-ring (bicyclic) bond motifs is 2. The van der Waals surface area contributed by atoms with Gasteiger partial charge in [0.1, 0.15) is 0 Å². The maximum absolute atomic E-state index is 12.4. The van der Waals surface area contributed by atoms with E-state index in [4.69, 9.17) is 4.74 Å². The average molecular weight is 353 g/mol. The van der Waals surface area contributed by atoms with Crippen LogP contribution in [-0.4, -0.2) is 38.6 Å². The first kappa shape index (κ1) is 16.6. The van der Waals surface area contributed by atoms with Crippen molar-refractivity contribution in [3.8, 4) is 5.88 Å². The third kappa shape index (κ3) is 3.05. The van der Waals surface area contributed by atoms with Gasteiger partial charge in [-0.2, -0.15) is 10.2 Å². The van der Waals surface area contributed by atoms with Crippen LogP contribution in [0, 0.1) is 13.8 Å². The first-order valence-corrected chi connectivity index (χ1v) is 9.04. The monoisotopic (exact) mass is 353 g/mol. The minimum Gasteiger partial charge on any atom is -0.478 e. The highest BCUT2D eigenvalue weighted by Crippen LogP contribution is 2.24. The summed E-state index contributed by atoms with van der Waals surface area (Å²) in [5.74, 6) is 0.578. The highest BCUT2D eigenvalue weighted by atomic mass is 16.5. The van der Waals surface area contributed by atoms with Crippen LogP contribution in [0.1, 0.15) is 34.5 Å². The highest BCUT2D eigenvalue weighted by Gasteiger charge is 2.22. The normalized spacial score (nSPS) is 13.5. The highest BCUT2D eigenvalue weighted by molar-refractivity contribution is 5.94. The van der Waals surface area contributed by atoms with Crippen LogP contribution in [0.5, 0.6) is 5.88 Å². The number of benzene rings is 1. The van der Waals surface area contributed by atoms with Crippen LogP contribution in [0.4, 0.5) is 0 Å². The van der Waals surface area contributed by atoms with Crippen molar-refractivity contribution >= 4 is 16.8 Å². The van der Waals surface area contributed by atoms with Crippen molar-refractivity contribution < 1.29 is 9.53 Å². The molecule has 0 fully saturated rings. The molecular weight excluding hydrogens is 330 g/mol. The van der Waals surface area contributed by atoms with E-state index in [2.05, 4.69) is 40.6 Å². The van der Waals surface area contributed by atoms with E-state index < -0.39 is 0 Å². The van der Waals surface area contributed by atoms with Gasteiger partial charge < -0.3 is 10.1 Å². The minimum atomic E-state index is -0.144. The molecule has 1 N–H and O–H groups in total. The number of ether oxygens (including phenoxy) is 1. The fourth-order valence-corrected chi connectivity index (χ4v) is 3.34. The topological polar surface area (TPSA) is 74.0 Å². The molecule has 1 aliphatic rings. The molecule has 4 rings (SSSR count). The molecule has 7 nitrogen and oxygen atoms in total. The smallest absolute Gasteiger partial charge is 0.272 e. The summed E-state index contributed by atoms with van der Waals surface area (Å²) in [5, 5.41) is 12.9. The van der Waals surface area contributed by atoms with Crippen molar-refractivity contribution in [2.24, 2.45) is 0 Å². The fourth-order valence-electron chi connectivity index (χ4n) is 3.34. The predicted octanol–water partition coefficient (Wildman–Crippen LogP) is 2.45. The molecule has 0 radical (unpaired) electrons. The summed E-state index contributed by atoms with van der Waals surface area (Å²) in [5.41, 5.74) is 3.62. The number of carbonyl (C=O) groups excluding carboxylic acids is 1. The van der Waals surface area contributed by atoms with Crippen molar-refractivity contribution in [1.29, 1.82) is 0 Å². The van der Waals surface area contributed by atoms with Crippen molar-refractivity contribution in [3.63, 3.8) is 0 Å². The average Bonchev–Trinajstić information content (AvgIpc) is 3.20. The Kier molecular flexibility index (Phi) is 4.36. The Morgan fingerprint density at radius 1 is 1.35 bits per heavy atom. The number of aromatic nitrogens is 4. The molecule has 0 bridgehead atoms. The molecule has 7 heteroatoms. The molecule has 0 unspecified atom stereocenters. The zero-order valence-electron chi connectivity index (χ0n) is 15.2. The summed E-state index contributed by atoms with van der Waals surface area (Å²) >= 11 is 0. The SMILES string of the molecule is Cc1ccc2cnn(CCCNC(=O)c3nn4c(c3C)OCCC4)c2c1. The van der Waals surface area contributed by atoms with Gasteiger partial charge in [0.05, 0.1) is 18.3 Å². The summed E-state index contributed by atoms with van der Waals surface area (Å²) in [6.07, 6.45) is 3.61. The zero-order chi connectivity index (χ0) is 18.1. The minimum absolute atomic E-state index is 0.144. The lowest BCUT2D eigenvalue weighted by molar-refractivity contribution is 0.0946. The standard InChI is InChI=1S/C19H23N5O2/c1-13-5-6-15-12-21-23(16(15)11-13)8-3-7-20-18(25)17-14(2)19-24(22-17)9-4-10-26-19/h5-6,11-12H,3-4,7-10H2,1-2H3,(H,20,25). The molecule has 1 amide bonds. The molecule has 136 valence electrons. The number of carbonyl (C=O) groups is 1. The molecule has 1 aliphatic heterocycles. The largest absolute Gasteiger partial charge is 0.478 e. The number of aryl methyl sites for hydroxylation is 3. The van der Waals surface area contributed by atoms with E-state index in [-0.39, 0.29) is 5.91 Å². The molecule has 0 saturated heterocycles. The van der Waals surface area contributed by atoms with Crippen molar-refractivity contribution in [2.75, 3.05) is 13.2 Å². The summed E-state index contributed by atoms with van der Waals surface area (Å²) in [6.45, 7) is 6.79. The molecular formula is C19H23N5O2. The zero-order valence-corrected chi connectivity index (χ0v) is 15.2. The van der Waals surface area contributed by atoms with E-state index in [0.717, 1.165) is 48.3 Å². The molecule has 0 spiro atoms. The summed E-state index contributed by atoms with van der Waals surface area (Å²) < 4.78 is 9.39. The second kappa shape index (κ2) is 6.82. The van der Waals surface area contributed by atoms with E-state index in [9.17, 15) is 4.79 Å². The Balaban J connectivity index is 1.35. The van der Waals surface area contributed by atoms with Crippen LogP contribution in [0.2, 0.25) is 0 Å². The van der Waals surface area contributed by atoms with Gasteiger partial charge in [0, 0.05) is 37.0 Å². The maximum atomic E-state index is 12.4. The van der Waals surface area contributed by atoms with Gasteiger partial charge in [-0.3, -0.25) is 9.48 Å². The third-order valence-corrected chi connectivity index (χ3v) is 4.73. The Bertz CT molecular complexity index is 956. The maximum Gasteiger partial charge on any atom is 0.272 e. The van der Waals surface area contributed by atoms with Crippen LogP contribution in [0.25, 0.3) is 10.9 Å². The molecule has 26 heavy (non-hydrogen) atoms. The quantitative estimate of drug-likeness (QED) is 0.715. The van der Waals surface area contributed by atoms with Gasteiger partial charge in [-0.25, -0.2) is 4.68 Å². The van der Waals surface area contributed by atoms with Gasteiger partial charge in [-0.05, 0) is 31.9 Å². The van der Waals surface area contributed by atoms with Gasteiger partial charge in [-0.1, -0.05) is 12.1 Å². The van der Waals surface area contributed by atoms with Crippen LogP contribution in [0.3, 0.4) is 0 Å². The molecule has 3 aromatic rings. The lowest BCUT2D eigenvalue weighted by Gasteiger charge is -2.14. The van der Waals surface area contributed by atoms with E-state index >= 15 is 0 Å². The van der Waals surface area contributed by atoms with E-state index in [1.165, 1.54) is 5.56 Å². The lowest BCUT2D eigenvalue weighted by Crippen LogP contribution is -2.26. The summed E-state index contributed by atoms with van der Waals surface area (Å²) in [7, 11) is 0. The second-order valence-corrected chi connectivity index (χ2v) is 6.74. The van der Waals surface area contributed by atoms with Crippen LogP contribution < -0.4 is 10.1 Å². The molecule has 2 aromatic heterocycles. The molecule has 3 heterocycles. The number of amides is 1. The number of rotatable bonds is 5. The Morgan fingerprint density at radius 2 is 2.23 bits per heavy atom. The molecule has 0 atom stereocenters. The van der Waals surface area contributed by atoms with Gasteiger partial charge in [0.15, 0.2) is 5.69 Å². The van der Waals surface area contributed by atoms with Crippen LogP contribution in [-0.2, 0) is 13.1 Å². The van der Waals surface area contributed by atoms with Crippen molar-refractivity contribution in [1.82, 2.24) is 24.9 Å². The summed E-state index contributed by atoms with van der Waals surface area (Å²) in [6, 6.07) is 6.31. The molecule has 0 saturated carbocycles. The Morgan fingerprint density at radius 3 is 3.08 bits per heavy atom. The first-order valence-electron chi connectivity index (χ1n) is 9.04. The van der Waals surface area contributed by atoms with E-state index in [1.807, 2.05) is 17.8 Å². The number of nitrogens with zero attached hydrogens (tertiary/aromatic N) is 4. The van der Waals surface area contributed by atoms with Crippen molar-refractivity contribution in [2.45, 2.75) is 39.8 Å². The van der Waals surface area contributed by atoms with E-state index in [1.54, 1.807) is 4.68 Å². The van der Waals surface area contributed by atoms with Gasteiger partial charge in [-0.15, -0.1) is 0 Å². The van der Waals surface area contributed by atoms with Crippen LogP contribution in [0.15, 0.2) is 24.4 Å². The van der Waals surface area contributed by atoms with Gasteiger partial charge >= 0.3 is 0 Å². The first-order chi connectivity index (χ1) is 12.6. The molecule has 1 aromatic carbocycles. The van der Waals surface area contributed by atoms with Crippen LogP contribution >= 0.6 is 0 Å². The number of hydrogen-bond donors (Lipinski definition) is 1. The second-order valence-electron chi connectivity index (χ2n) is 6.74. The number of nitrogens with one attached hydrogen (secondary N) is 1. The Labute approximate surface area is 151 Å².